The second-order valence-corrected chi connectivity index (χ2v) is 26.9. The van der Waals surface area contributed by atoms with E-state index in [4.69, 9.17) is 18.9 Å². The minimum atomic E-state index is -1.65. The molecule has 2 atom stereocenters. The number of carboxylic acids is 1. The number of allylic oxidation sites excluding steroid dienone is 40. The molecular formula is C94H145NO8. The van der Waals surface area contributed by atoms with Crippen molar-refractivity contribution in [1.29, 1.82) is 0 Å². The summed E-state index contributed by atoms with van der Waals surface area (Å²) in [5.74, 6) is -2.35. The fourth-order valence-electron chi connectivity index (χ4n) is 10.1. The molecule has 103 heavy (non-hydrogen) atoms. The Balaban J connectivity index is 4.20. The Morgan fingerprint density at radius 3 is 0.786 bits per heavy atom. The molecule has 0 aromatic carbocycles. The SMILES string of the molecule is CC/C=C\C/C=C\C/C=C\C/C=C\C/C=C\C/C=C\C/C=C\C/C=C\C/C=C\C/C=C\C/C=C\CCCCCC(=O)OC(COC(=O)CCCCCCCCCCCCCCC/C=C\C/C=C\C/C=C\C/C=C\C/C=C\C/C=C\C/C=C\C/C=C\C/C=C\CC)COC(OCC[N+](C)(C)C)C(=O)[O-]. The highest BCUT2D eigenvalue weighted by molar-refractivity contribution is 5.70. The Morgan fingerprint density at radius 1 is 0.291 bits per heavy atom. The van der Waals surface area contributed by atoms with E-state index in [9.17, 15) is 19.5 Å². The third-order valence-corrected chi connectivity index (χ3v) is 16.1. The van der Waals surface area contributed by atoms with Crippen LogP contribution in [-0.4, -0.2) is 82.3 Å². The average molecular weight is 1420 g/mol. The van der Waals surface area contributed by atoms with Gasteiger partial charge in [-0.05, 0) is 167 Å². The molecule has 574 valence electrons. The fourth-order valence-corrected chi connectivity index (χ4v) is 10.1. The van der Waals surface area contributed by atoms with E-state index in [0.717, 1.165) is 173 Å². The zero-order valence-corrected chi connectivity index (χ0v) is 65.6. The molecule has 0 rings (SSSR count). The van der Waals surface area contributed by atoms with Gasteiger partial charge in [0.25, 0.3) is 0 Å². The largest absolute Gasteiger partial charge is 0.545 e. The Kier molecular flexibility index (Phi) is 75.4. The summed E-state index contributed by atoms with van der Waals surface area (Å²) in [5, 5.41) is 11.9. The van der Waals surface area contributed by atoms with Crippen molar-refractivity contribution in [2.45, 2.75) is 283 Å². The number of carbonyl (C=O) groups excluding carboxylic acids is 3. The van der Waals surface area contributed by atoms with Crippen molar-refractivity contribution < 1.29 is 42.9 Å². The summed E-state index contributed by atoms with van der Waals surface area (Å²) in [4.78, 5) is 37.6. The summed E-state index contributed by atoms with van der Waals surface area (Å²) in [7, 11) is 5.91. The molecule has 0 aromatic heterocycles. The zero-order valence-electron chi connectivity index (χ0n) is 65.6. The second kappa shape index (κ2) is 80.8. The predicted octanol–water partition coefficient (Wildman–Crippen LogP) is 25.0. The summed E-state index contributed by atoms with van der Waals surface area (Å²) in [6.45, 7) is 4.45. The molecule has 0 aliphatic heterocycles. The maximum atomic E-state index is 13.0. The van der Waals surface area contributed by atoms with Gasteiger partial charge in [-0.1, -0.05) is 334 Å². The highest BCUT2D eigenvalue weighted by atomic mass is 16.7. The lowest BCUT2D eigenvalue weighted by Crippen LogP contribution is -2.44. The number of likely N-dealkylation sites (N-methyl/N-ethyl adjacent to an activating group) is 1. The van der Waals surface area contributed by atoms with E-state index < -0.39 is 24.3 Å². The van der Waals surface area contributed by atoms with Crippen LogP contribution >= 0.6 is 0 Å². The molecule has 0 spiro atoms. The molecular weight excluding hydrogens is 1270 g/mol. The predicted molar refractivity (Wildman–Crippen MR) is 443 cm³/mol. The number of rotatable bonds is 71. The standard InChI is InChI=1S/C94H145NO8/c1-6-8-10-12-14-16-18-20-22-24-26-28-30-32-34-36-38-40-42-44-45-46-47-49-50-52-54-56-58-60-62-64-66-68-70-72-74-76-78-80-82-84-91(96)101-88-90(89-102-94(93(98)99)100-87-86-95(3,4)5)103-92(97)85-83-81-79-77-75-73-71-69-67-65-63-61-59-57-55-53-51-48-43-41-39-37-35-33-31-29-27-25-23-21-19-17-15-13-11-9-7-2/h8-11,14-17,20-23,26-29,32-35,38-41,44-45,47-49,51-52,54-55,57,61,63,67,69,73,75,90,94H,6-7,12-13,18-19,24-25,30-31,36-37,42-43,46,50,53,56,58-60,62,64-66,68,70-72,74,76-89H2,1-5H3/b10-8-,11-9-,16-14-,17-15-,22-20-,23-21-,28-26-,29-27-,34-32-,35-33-,40-38-,41-39-,45-44-,49-47-,51-48-,54-52-,57-55-,63-61-,69-67-,75-73-. The van der Waals surface area contributed by atoms with E-state index in [1.165, 1.54) is 64.2 Å². The van der Waals surface area contributed by atoms with E-state index in [1.54, 1.807) is 0 Å². The van der Waals surface area contributed by atoms with E-state index in [0.29, 0.717) is 17.4 Å². The molecule has 0 N–H and O–H groups in total. The molecule has 9 heteroatoms. The van der Waals surface area contributed by atoms with Crippen molar-refractivity contribution in [3.05, 3.63) is 243 Å². The van der Waals surface area contributed by atoms with Gasteiger partial charge in [-0.3, -0.25) is 9.59 Å². The highest BCUT2D eigenvalue weighted by Crippen LogP contribution is 2.16. The van der Waals surface area contributed by atoms with Crippen LogP contribution in [0.15, 0.2) is 243 Å². The normalized spacial score (nSPS) is 14.0. The van der Waals surface area contributed by atoms with E-state index >= 15 is 0 Å². The number of ether oxygens (including phenoxy) is 4. The Bertz CT molecular complexity index is 2610. The van der Waals surface area contributed by atoms with E-state index in [-0.39, 0.29) is 38.6 Å². The Labute approximate surface area is 631 Å². The fraction of sp³-hybridized carbons (Fsp3) is 0.543. The molecule has 0 amide bonds. The number of carboxylic acid groups (broad SMARTS) is 1. The van der Waals surface area contributed by atoms with Gasteiger partial charge in [0.1, 0.15) is 13.2 Å². The zero-order chi connectivity index (χ0) is 74.6. The maximum absolute atomic E-state index is 13.0. The van der Waals surface area contributed by atoms with Crippen LogP contribution in [0.2, 0.25) is 0 Å². The lowest BCUT2D eigenvalue weighted by molar-refractivity contribution is -0.870. The minimum absolute atomic E-state index is 0.128. The molecule has 9 nitrogen and oxygen atoms in total. The van der Waals surface area contributed by atoms with Crippen LogP contribution in [0.3, 0.4) is 0 Å². The van der Waals surface area contributed by atoms with Crippen molar-refractivity contribution in [3.63, 3.8) is 0 Å². The van der Waals surface area contributed by atoms with E-state index in [2.05, 4.69) is 257 Å². The topological polar surface area (TPSA) is 111 Å². The molecule has 0 fully saturated rings. The van der Waals surface area contributed by atoms with Crippen LogP contribution in [0.25, 0.3) is 0 Å². The Morgan fingerprint density at radius 2 is 0.524 bits per heavy atom. The molecule has 0 heterocycles. The van der Waals surface area contributed by atoms with E-state index in [1.807, 2.05) is 21.1 Å². The summed E-state index contributed by atoms with van der Waals surface area (Å²) < 4.78 is 22.8. The quantitative estimate of drug-likeness (QED) is 0.0195. The summed E-state index contributed by atoms with van der Waals surface area (Å²) in [6.07, 6.45) is 127. The van der Waals surface area contributed by atoms with Crippen molar-refractivity contribution in [2.75, 3.05) is 47.5 Å². The van der Waals surface area contributed by atoms with Gasteiger partial charge in [0.15, 0.2) is 12.4 Å². The van der Waals surface area contributed by atoms with Gasteiger partial charge in [-0.25, -0.2) is 0 Å². The number of carbonyl (C=O) groups is 3. The number of aliphatic carboxylic acids is 1. The number of unbranched alkanes of at least 4 members (excludes halogenated alkanes) is 16. The molecule has 0 saturated carbocycles. The van der Waals surface area contributed by atoms with Gasteiger partial charge >= 0.3 is 11.9 Å². The van der Waals surface area contributed by atoms with Crippen LogP contribution in [-0.2, 0) is 33.3 Å². The van der Waals surface area contributed by atoms with Crippen molar-refractivity contribution in [1.82, 2.24) is 0 Å². The molecule has 2 unspecified atom stereocenters. The smallest absolute Gasteiger partial charge is 0.306 e. The van der Waals surface area contributed by atoms with Crippen LogP contribution in [0, 0.1) is 0 Å². The van der Waals surface area contributed by atoms with Crippen molar-refractivity contribution >= 4 is 17.9 Å². The van der Waals surface area contributed by atoms with Crippen LogP contribution in [0.1, 0.15) is 271 Å². The first-order chi connectivity index (χ1) is 50.6. The third-order valence-electron chi connectivity index (χ3n) is 16.1. The second-order valence-electron chi connectivity index (χ2n) is 26.9. The number of hydrogen-bond acceptors (Lipinski definition) is 8. The first-order valence-corrected chi connectivity index (χ1v) is 40.2. The molecule has 0 aliphatic carbocycles. The monoisotopic (exact) mass is 1420 g/mol. The third kappa shape index (κ3) is 82.3. The molecule has 0 aliphatic rings. The van der Waals surface area contributed by atoms with Crippen molar-refractivity contribution in [2.24, 2.45) is 0 Å². The number of nitrogens with zero attached hydrogens (tertiary/aromatic N) is 1. The molecule has 0 radical (unpaired) electrons. The number of hydrogen-bond donors (Lipinski definition) is 0. The van der Waals surface area contributed by atoms with Gasteiger partial charge in [0, 0.05) is 12.8 Å². The summed E-state index contributed by atoms with van der Waals surface area (Å²) >= 11 is 0. The average Bonchev–Trinajstić information content (AvgIpc) is 1.16. The first kappa shape index (κ1) is 96.1. The van der Waals surface area contributed by atoms with Gasteiger partial charge in [-0.15, -0.1) is 0 Å². The van der Waals surface area contributed by atoms with Crippen LogP contribution in [0.4, 0.5) is 0 Å². The van der Waals surface area contributed by atoms with Gasteiger partial charge in [0.05, 0.1) is 40.3 Å². The highest BCUT2D eigenvalue weighted by Gasteiger charge is 2.22. The summed E-state index contributed by atoms with van der Waals surface area (Å²) in [5.41, 5.74) is 0. The van der Waals surface area contributed by atoms with Crippen LogP contribution in [0.5, 0.6) is 0 Å². The summed E-state index contributed by atoms with van der Waals surface area (Å²) in [6, 6.07) is 0. The van der Waals surface area contributed by atoms with Gasteiger partial charge < -0.3 is 33.3 Å². The van der Waals surface area contributed by atoms with Gasteiger partial charge in [0.2, 0.25) is 0 Å². The van der Waals surface area contributed by atoms with Crippen molar-refractivity contribution in [3.8, 4) is 0 Å². The number of quaternary nitrogens is 1. The lowest BCUT2D eigenvalue weighted by Gasteiger charge is -2.26. The lowest BCUT2D eigenvalue weighted by atomic mass is 10.0. The maximum Gasteiger partial charge on any atom is 0.306 e. The molecule has 0 aromatic rings. The van der Waals surface area contributed by atoms with Gasteiger partial charge in [-0.2, -0.15) is 0 Å². The Hall–Kier alpha value is -6.91. The minimum Gasteiger partial charge on any atom is -0.545 e. The first-order valence-electron chi connectivity index (χ1n) is 40.2. The molecule has 0 saturated heterocycles. The van der Waals surface area contributed by atoms with Crippen LogP contribution < -0.4 is 5.11 Å². The molecule has 0 bridgehead atoms. The number of esters is 2.